The number of hydrogen-bond donors (Lipinski definition) is 1. The Labute approximate surface area is 115 Å². The summed E-state index contributed by atoms with van der Waals surface area (Å²) in [6.07, 6.45) is 6.07. The predicted molar refractivity (Wildman–Crippen MR) is 79.9 cm³/mol. The number of nitrogens with one attached hydrogen (secondary N) is 1. The topological polar surface area (TPSA) is 24.9 Å². The van der Waals surface area contributed by atoms with Gasteiger partial charge >= 0.3 is 0 Å². The minimum absolute atomic E-state index is 0.311. The molecule has 0 aliphatic heterocycles. The molecular formula is C17H22N2. The Kier molecular flexibility index (Phi) is 5.10. The molecule has 1 aromatic heterocycles. The van der Waals surface area contributed by atoms with E-state index < -0.39 is 0 Å². The average molecular weight is 254 g/mol. The third kappa shape index (κ3) is 3.90. The van der Waals surface area contributed by atoms with Gasteiger partial charge in [0.05, 0.1) is 0 Å². The fourth-order valence-electron chi connectivity index (χ4n) is 2.35. The van der Waals surface area contributed by atoms with Crippen LogP contribution in [0.15, 0.2) is 54.9 Å². The maximum atomic E-state index is 4.19. The lowest BCUT2D eigenvalue weighted by Gasteiger charge is -2.23. The smallest absolute Gasteiger partial charge is 0.0325 e. The molecule has 1 N–H and O–H groups in total. The van der Waals surface area contributed by atoms with Crippen LogP contribution in [-0.4, -0.2) is 4.98 Å². The van der Waals surface area contributed by atoms with Crippen molar-refractivity contribution in [3.63, 3.8) is 0 Å². The van der Waals surface area contributed by atoms with Gasteiger partial charge < -0.3 is 5.32 Å². The molecule has 1 unspecified atom stereocenters. The molecule has 2 aromatic rings. The number of pyridine rings is 1. The van der Waals surface area contributed by atoms with Gasteiger partial charge in [-0.05, 0) is 30.5 Å². The van der Waals surface area contributed by atoms with Crippen molar-refractivity contribution in [3.05, 3.63) is 66.0 Å². The summed E-state index contributed by atoms with van der Waals surface area (Å²) in [5, 5.41) is 3.71. The first-order valence-corrected chi connectivity index (χ1v) is 7.02. The van der Waals surface area contributed by atoms with E-state index in [1.165, 1.54) is 17.5 Å². The summed E-state index contributed by atoms with van der Waals surface area (Å²) < 4.78 is 0. The van der Waals surface area contributed by atoms with Gasteiger partial charge in [-0.1, -0.05) is 49.7 Å². The molecule has 0 radical (unpaired) electrons. The first-order valence-electron chi connectivity index (χ1n) is 7.02. The van der Waals surface area contributed by atoms with Crippen LogP contribution in [0.2, 0.25) is 0 Å². The van der Waals surface area contributed by atoms with Gasteiger partial charge in [0.15, 0.2) is 0 Å². The van der Waals surface area contributed by atoms with Crippen LogP contribution >= 0.6 is 0 Å². The molecule has 0 bridgehead atoms. The van der Waals surface area contributed by atoms with Crippen molar-refractivity contribution in [1.29, 1.82) is 0 Å². The van der Waals surface area contributed by atoms with Crippen LogP contribution in [0, 0.1) is 0 Å². The lowest BCUT2D eigenvalue weighted by atomic mass is 10.0. The molecule has 1 aromatic carbocycles. The molecule has 1 heterocycles. The zero-order valence-electron chi connectivity index (χ0n) is 11.7. The molecule has 2 nitrogen and oxygen atoms in total. The molecule has 0 saturated heterocycles. The summed E-state index contributed by atoms with van der Waals surface area (Å²) in [5.74, 6) is 0. The van der Waals surface area contributed by atoms with Crippen molar-refractivity contribution in [1.82, 2.24) is 10.3 Å². The summed E-state index contributed by atoms with van der Waals surface area (Å²) in [6.45, 7) is 4.43. The third-order valence-electron chi connectivity index (χ3n) is 3.41. The van der Waals surface area contributed by atoms with Crippen LogP contribution in [-0.2, 0) is 0 Å². The van der Waals surface area contributed by atoms with Crippen molar-refractivity contribution in [3.8, 4) is 0 Å². The zero-order chi connectivity index (χ0) is 13.5. The molecule has 19 heavy (non-hydrogen) atoms. The molecule has 2 atom stereocenters. The van der Waals surface area contributed by atoms with Crippen LogP contribution in [0.5, 0.6) is 0 Å². The maximum Gasteiger partial charge on any atom is 0.0325 e. The first kappa shape index (κ1) is 13.8. The second kappa shape index (κ2) is 7.05. The van der Waals surface area contributed by atoms with E-state index in [0.717, 1.165) is 6.42 Å². The maximum absolute atomic E-state index is 4.19. The Morgan fingerprint density at radius 2 is 1.79 bits per heavy atom. The van der Waals surface area contributed by atoms with Gasteiger partial charge in [-0.25, -0.2) is 0 Å². The van der Waals surface area contributed by atoms with Crippen LogP contribution in [0.25, 0.3) is 0 Å². The van der Waals surface area contributed by atoms with Gasteiger partial charge in [0.25, 0.3) is 0 Å². The number of rotatable bonds is 6. The quantitative estimate of drug-likeness (QED) is 0.832. The summed E-state index contributed by atoms with van der Waals surface area (Å²) in [6, 6.07) is 15.5. The molecule has 0 spiro atoms. The van der Waals surface area contributed by atoms with Crippen molar-refractivity contribution in [2.75, 3.05) is 0 Å². The van der Waals surface area contributed by atoms with Crippen molar-refractivity contribution in [2.45, 2.75) is 38.8 Å². The Morgan fingerprint density at radius 1 is 1.05 bits per heavy atom. The highest BCUT2D eigenvalue weighted by molar-refractivity contribution is 5.20. The van der Waals surface area contributed by atoms with E-state index in [-0.39, 0.29) is 0 Å². The fourth-order valence-corrected chi connectivity index (χ4v) is 2.35. The standard InChI is InChI=1S/C17H22N2/c1-3-8-17(15-9-5-4-6-10-15)19-14(2)16-11-7-12-18-13-16/h4-7,9-14,17,19H,3,8H2,1-2H3/t14-,17?/m1/s1. The number of nitrogens with zero attached hydrogens (tertiary/aromatic N) is 1. The predicted octanol–water partition coefficient (Wildman–Crippen LogP) is 4.27. The highest BCUT2D eigenvalue weighted by Gasteiger charge is 2.14. The van der Waals surface area contributed by atoms with Crippen LogP contribution < -0.4 is 5.32 Å². The van der Waals surface area contributed by atoms with Crippen molar-refractivity contribution >= 4 is 0 Å². The molecule has 0 saturated carbocycles. The Hall–Kier alpha value is -1.67. The van der Waals surface area contributed by atoms with E-state index in [2.05, 4.69) is 60.5 Å². The van der Waals surface area contributed by atoms with E-state index >= 15 is 0 Å². The van der Waals surface area contributed by atoms with Crippen LogP contribution in [0.4, 0.5) is 0 Å². The second-order valence-electron chi connectivity index (χ2n) is 4.93. The van der Waals surface area contributed by atoms with Gasteiger partial charge in [0.2, 0.25) is 0 Å². The summed E-state index contributed by atoms with van der Waals surface area (Å²) in [4.78, 5) is 4.19. The monoisotopic (exact) mass is 254 g/mol. The van der Waals surface area contributed by atoms with Crippen molar-refractivity contribution < 1.29 is 0 Å². The highest BCUT2D eigenvalue weighted by Crippen LogP contribution is 2.22. The van der Waals surface area contributed by atoms with Gasteiger partial charge in [0.1, 0.15) is 0 Å². The SMILES string of the molecule is CCCC(N[C@H](C)c1cccnc1)c1ccccc1. The van der Waals surface area contributed by atoms with Crippen LogP contribution in [0.3, 0.4) is 0 Å². The van der Waals surface area contributed by atoms with E-state index in [1.54, 1.807) is 0 Å². The molecule has 0 aliphatic carbocycles. The average Bonchev–Trinajstić information content (AvgIpc) is 2.48. The van der Waals surface area contributed by atoms with E-state index in [0.29, 0.717) is 12.1 Å². The molecular weight excluding hydrogens is 232 g/mol. The molecule has 0 amide bonds. The number of hydrogen-bond acceptors (Lipinski definition) is 2. The molecule has 2 rings (SSSR count). The minimum atomic E-state index is 0.311. The minimum Gasteiger partial charge on any atom is -0.303 e. The molecule has 2 heteroatoms. The Bertz CT molecular complexity index is 467. The van der Waals surface area contributed by atoms with Gasteiger partial charge in [-0.15, -0.1) is 0 Å². The van der Waals surface area contributed by atoms with E-state index in [4.69, 9.17) is 0 Å². The second-order valence-corrected chi connectivity index (χ2v) is 4.93. The summed E-state index contributed by atoms with van der Waals surface area (Å²) in [5.41, 5.74) is 2.60. The molecule has 0 aliphatic rings. The van der Waals surface area contributed by atoms with Gasteiger partial charge in [-0.2, -0.15) is 0 Å². The van der Waals surface area contributed by atoms with E-state index in [1.807, 2.05) is 18.5 Å². The molecule has 100 valence electrons. The fraction of sp³-hybridized carbons (Fsp3) is 0.353. The zero-order valence-corrected chi connectivity index (χ0v) is 11.7. The first-order chi connectivity index (χ1) is 9.31. The number of aromatic nitrogens is 1. The Morgan fingerprint density at radius 3 is 2.42 bits per heavy atom. The highest BCUT2D eigenvalue weighted by atomic mass is 14.9. The Balaban J connectivity index is 2.09. The molecule has 0 fully saturated rings. The number of benzene rings is 1. The van der Waals surface area contributed by atoms with Crippen molar-refractivity contribution in [2.24, 2.45) is 0 Å². The van der Waals surface area contributed by atoms with Gasteiger partial charge in [0, 0.05) is 24.5 Å². The lowest BCUT2D eigenvalue weighted by Crippen LogP contribution is -2.24. The summed E-state index contributed by atoms with van der Waals surface area (Å²) >= 11 is 0. The third-order valence-corrected chi connectivity index (χ3v) is 3.41. The largest absolute Gasteiger partial charge is 0.303 e. The normalized spacial score (nSPS) is 14.0. The van der Waals surface area contributed by atoms with Gasteiger partial charge in [-0.3, -0.25) is 4.98 Å². The lowest BCUT2D eigenvalue weighted by molar-refractivity contribution is 0.439. The van der Waals surface area contributed by atoms with E-state index in [9.17, 15) is 0 Å². The summed E-state index contributed by atoms with van der Waals surface area (Å²) in [7, 11) is 0. The van der Waals surface area contributed by atoms with Crippen LogP contribution in [0.1, 0.15) is 49.9 Å².